The summed E-state index contributed by atoms with van der Waals surface area (Å²) in [6, 6.07) is 8.89. The van der Waals surface area contributed by atoms with Gasteiger partial charge in [0.1, 0.15) is 0 Å². The monoisotopic (exact) mass is 215 g/mol. The highest BCUT2D eigenvalue weighted by molar-refractivity contribution is 5.61. The maximum absolute atomic E-state index is 3.96. The lowest BCUT2D eigenvalue weighted by Crippen LogP contribution is -2.14. The number of rotatable bonds is 3. The summed E-state index contributed by atoms with van der Waals surface area (Å²) in [7, 11) is 2.21. The van der Waals surface area contributed by atoms with E-state index in [1.807, 2.05) is 0 Å². The summed E-state index contributed by atoms with van der Waals surface area (Å²) in [5.41, 5.74) is 3.87. The van der Waals surface area contributed by atoms with Crippen molar-refractivity contribution in [1.82, 2.24) is 4.90 Å². The van der Waals surface area contributed by atoms with Crippen LogP contribution in [-0.4, -0.2) is 25.0 Å². The molecule has 1 nitrogen and oxygen atoms in total. The summed E-state index contributed by atoms with van der Waals surface area (Å²) >= 11 is 0. The molecular formula is C15H21N. The van der Waals surface area contributed by atoms with Gasteiger partial charge in [0.2, 0.25) is 0 Å². The third-order valence-electron chi connectivity index (χ3n) is 3.46. The predicted octanol–water partition coefficient (Wildman–Crippen LogP) is 3.21. The van der Waals surface area contributed by atoms with E-state index in [-0.39, 0.29) is 0 Å². The number of benzene rings is 1. The van der Waals surface area contributed by atoms with Crippen LogP contribution in [0.3, 0.4) is 0 Å². The molecule has 16 heavy (non-hydrogen) atoms. The molecule has 1 aliphatic heterocycles. The molecule has 0 radical (unpaired) electrons. The SMILES string of the molecule is C=C(C)c1ccc(CC2CCN(C)C2)cc1. The van der Waals surface area contributed by atoms with Crippen LogP contribution in [0.1, 0.15) is 24.5 Å². The Hall–Kier alpha value is -1.08. The first-order chi connectivity index (χ1) is 7.65. The number of hydrogen-bond donors (Lipinski definition) is 0. The summed E-state index contributed by atoms with van der Waals surface area (Å²) in [5.74, 6) is 0.848. The van der Waals surface area contributed by atoms with Crippen molar-refractivity contribution < 1.29 is 0 Å². The molecular weight excluding hydrogens is 194 g/mol. The van der Waals surface area contributed by atoms with E-state index in [2.05, 4.69) is 49.7 Å². The van der Waals surface area contributed by atoms with Gasteiger partial charge in [-0.15, -0.1) is 0 Å². The van der Waals surface area contributed by atoms with Gasteiger partial charge in [0.15, 0.2) is 0 Å². The fourth-order valence-electron chi connectivity index (χ4n) is 2.45. The zero-order valence-electron chi connectivity index (χ0n) is 10.4. The molecule has 86 valence electrons. The van der Waals surface area contributed by atoms with E-state index in [9.17, 15) is 0 Å². The lowest BCUT2D eigenvalue weighted by Gasteiger charge is -2.10. The van der Waals surface area contributed by atoms with Crippen molar-refractivity contribution >= 4 is 5.57 Å². The zero-order chi connectivity index (χ0) is 11.5. The van der Waals surface area contributed by atoms with Gasteiger partial charge in [-0.05, 0) is 50.4 Å². The Balaban J connectivity index is 1.97. The van der Waals surface area contributed by atoms with Crippen LogP contribution in [0.2, 0.25) is 0 Å². The Labute approximate surface area is 98.8 Å². The van der Waals surface area contributed by atoms with Crippen molar-refractivity contribution in [1.29, 1.82) is 0 Å². The highest BCUT2D eigenvalue weighted by atomic mass is 15.1. The maximum Gasteiger partial charge on any atom is 0.00103 e. The Morgan fingerprint density at radius 3 is 2.56 bits per heavy atom. The van der Waals surface area contributed by atoms with Crippen LogP contribution >= 0.6 is 0 Å². The number of allylic oxidation sites excluding steroid dienone is 1. The second-order valence-corrected chi connectivity index (χ2v) is 5.10. The van der Waals surface area contributed by atoms with Crippen LogP contribution in [0, 0.1) is 5.92 Å². The van der Waals surface area contributed by atoms with Crippen LogP contribution in [0.5, 0.6) is 0 Å². The minimum absolute atomic E-state index is 0.848. The molecule has 0 spiro atoms. The first-order valence-corrected chi connectivity index (χ1v) is 6.08. The van der Waals surface area contributed by atoms with E-state index in [1.165, 1.54) is 37.1 Å². The van der Waals surface area contributed by atoms with Crippen molar-refractivity contribution in [3.05, 3.63) is 42.0 Å². The molecule has 0 aromatic heterocycles. The maximum atomic E-state index is 3.96. The van der Waals surface area contributed by atoms with E-state index >= 15 is 0 Å². The van der Waals surface area contributed by atoms with Gasteiger partial charge in [-0.25, -0.2) is 0 Å². The van der Waals surface area contributed by atoms with Gasteiger partial charge < -0.3 is 4.90 Å². The fourth-order valence-corrected chi connectivity index (χ4v) is 2.45. The molecule has 1 aromatic rings. The molecule has 1 aliphatic rings. The molecule has 2 rings (SSSR count). The van der Waals surface area contributed by atoms with Gasteiger partial charge in [-0.1, -0.05) is 36.4 Å². The third kappa shape index (κ3) is 2.73. The summed E-state index contributed by atoms with van der Waals surface area (Å²) in [4.78, 5) is 2.42. The Morgan fingerprint density at radius 1 is 1.38 bits per heavy atom. The van der Waals surface area contributed by atoms with Crippen molar-refractivity contribution in [2.45, 2.75) is 19.8 Å². The van der Waals surface area contributed by atoms with E-state index in [1.54, 1.807) is 0 Å². The molecule has 1 unspecified atom stereocenters. The Kier molecular flexibility index (Phi) is 3.45. The second-order valence-electron chi connectivity index (χ2n) is 5.10. The van der Waals surface area contributed by atoms with Crippen LogP contribution in [0.15, 0.2) is 30.8 Å². The minimum Gasteiger partial charge on any atom is -0.306 e. The van der Waals surface area contributed by atoms with Gasteiger partial charge in [0, 0.05) is 6.54 Å². The first-order valence-electron chi connectivity index (χ1n) is 6.08. The van der Waals surface area contributed by atoms with Gasteiger partial charge in [0.05, 0.1) is 0 Å². The topological polar surface area (TPSA) is 3.24 Å². The van der Waals surface area contributed by atoms with Crippen molar-refractivity contribution in [3.63, 3.8) is 0 Å². The van der Waals surface area contributed by atoms with Crippen LogP contribution in [-0.2, 0) is 6.42 Å². The summed E-state index contributed by atoms with van der Waals surface area (Å²) in [5, 5.41) is 0. The third-order valence-corrected chi connectivity index (χ3v) is 3.46. The lowest BCUT2D eigenvalue weighted by atomic mass is 9.97. The molecule has 1 saturated heterocycles. The molecule has 0 bridgehead atoms. The van der Waals surface area contributed by atoms with Gasteiger partial charge in [-0.3, -0.25) is 0 Å². The number of nitrogens with zero attached hydrogens (tertiary/aromatic N) is 1. The Bertz CT molecular complexity index is 364. The number of hydrogen-bond acceptors (Lipinski definition) is 1. The van der Waals surface area contributed by atoms with Crippen LogP contribution in [0.4, 0.5) is 0 Å². The standard InChI is InChI=1S/C15H21N/c1-12(2)15-6-4-13(5-7-15)10-14-8-9-16(3)11-14/h4-7,14H,1,8-11H2,2-3H3. The highest BCUT2D eigenvalue weighted by Gasteiger charge is 2.19. The van der Waals surface area contributed by atoms with E-state index < -0.39 is 0 Å². The van der Waals surface area contributed by atoms with Crippen LogP contribution < -0.4 is 0 Å². The minimum atomic E-state index is 0.848. The van der Waals surface area contributed by atoms with Crippen molar-refractivity contribution in [2.24, 2.45) is 5.92 Å². The normalized spacial score (nSPS) is 21.2. The molecule has 0 N–H and O–H groups in total. The first kappa shape index (κ1) is 11.4. The fraction of sp³-hybridized carbons (Fsp3) is 0.467. The van der Waals surface area contributed by atoms with E-state index in [0.29, 0.717) is 0 Å². The molecule has 0 saturated carbocycles. The average Bonchev–Trinajstić information content (AvgIpc) is 2.65. The van der Waals surface area contributed by atoms with Gasteiger partial charge >= 0.3 is 0 Å². The van der Waals surface area contributed by atoms with E-state index in [4.69, 9.17) is 0 Å². The molecule has 1 heterocycles. The Morgan fingerprint density at radius 2 is 2.06 bits per heavy atom. The molecule has 0 amide bonds. The predicted molar refractivity (Wildman–Crippen MR) is 70.5 cm³/mol. The van der Waals surface area contributed by atoms with Gasteiger partial charge in [0.25, 0.3) is 0 Å². The van der Waals surface area contributed by atoms with Gasteiger partial charge in [-0.2, -0.15) is 0 Å². The molecule has 0 aliphatic carbocycles. The second kappa shape index (κ2) is 4.84. The smallest absolute Gasteiger partial charge is 0.00103 e. The lowest BCUT2D eigenvalue weighted by molar-refractivity contribution is 0.394. The quantitative estimate of drug-likeness (QED) is 0.748. The largest absolute Gasteiger partial charge is 0.306 e. The van der Waals surface area contributed by atoms with Crippen molar-refractivity contribution in [3.8, 4) is 0 Å². The number of likely N-dealkylation sites (tertiary alicyclic amines) is 1. The zero-order valence-corrected chi connectivity index (χ0v) is 10.4. The van der Waals surface area contributed by atoms with Crippen molar-refractivity contribution in [2.75, 3.05) is 20.1 Å². The average molecular weight is 215 g/mol. The summed E-state index contributed by atoms with van der Waals surface area (Å²) in [6.07, 6.45) is 2.57. The molecule has 1 aromatic carbocycles. The highest BCUT2D eigenvalue weighted by Crippen LogP contribution is 2.20. The molecule has 1 atom stereocenters. The summed E-state index contributed by atoms with van der Waals surface area (Å²) in [6.45, 7) is 8.53. The van der Waals surface area contributed by atoms with E-state index in [0.717, 1.165) is 11.5 Å². The van der Waals surface area contributed by atoms with Crippen LogP contribution in [0.25, 0.3) is 5.57 Å². The summed E-state index contributed by atoms with van der Waals surface area (Å²) < 4.78 is 0. The molecule has 1 fully saturated rings. The molecule has 1 heteroatoms.